The Balaban J connectivity index is 1.49. The number of methoxy groups -OCH3 is 2. The number of nitrogens with one attached hydrogen (secondary N) is 1. The summed E-state index contributed by atoms with van der Waals surface area (Å²) in [5.74, 6) is 1.19. The Labute approximate surface area is 237 Å². The van der Waals surface area contributed by atoms with Crippen LogP contribution in [-0.4, -0.2) is 81.5 Å². The number of hydrogen-bond donors (Lipinski definition) is 1. The van der Waals surface area contributed by atoms with E-state index in [2.05, 4.69) is 36.9 Å². The van der Waals surface area contributed by atoms with Crippen molar-refractivity contribution in [3.05, 3.63) is 66.2 Å². The van der Waals surface area contributed by atoms with Crippen molar-refractivity contribution in [3.8, 4) is 28.7 Å². The molecule has 4 aromatic rings. The number of aromatic nitrogens is 6. The van der Waals surface area contributed by atoms with Crippen molar-refractivity contribution in [2.45, 2.75) is 26.0 Å². The number of tetrazole rings is 1. The smallest absolute Gasteiger partial charge is 0.253 e. The van der Waals surface area contributed by atoms with Crippen molar-refractivity contribution < 1.29 is 19.0 Å². The van der Waals surface area contributed by atoms with Crippen LogP contribution in [0.5, 0.6) is 11.5 Å². The Morgan fingerprint density at radius 2 is 1.93 bits per heavy atom. The number of ether oxygens (including phenoxy) is 3. The second-order valence-corrected chi connectivity index (χ2v) is 9.19. The van der Waals surface area contributed by atoms with E-state index in [-0.39, 0.29) is 12.0 Å². The maximum Gasteiger partial charge on any atom is 0.253 e. The van der Waals surface area contributed by atoms with Crippen LogP contribution in [-0.2, 0) is 11.3 Å². The van der Waals surface area contributed by atoms with Gasteiger partial charge >= 0.3 is 0 Å². The van der Waals surface area contributed by atoms with Crippen LogP contribution in [0.2, 0.25) is 0 Å². The minimum atomic E-state index is -0.286. The first-order valence-electron chi connectivity index (χ1n) is 12.8. The summed E-state index contributed by atoms with van der Waals surface area (Å²) in [5.41, 5.74) is 2.97. The number of nitriles is 1. The molecular weight excluding hydrogens is 526 g/mol. The molecular formula is C28H31N9O4. The van der Waals surface area contributed by atoms with E-state index in [1.54, 1.807) is 73.6 Å². The molecule has 4 rings (SSSR count). The Bertz CT molecular complexity index is 1490. The molecule has 0 aliphatic carbocycles. The van der Waals surface area contributed by atoms with E-state index in [1.165, 1.54) is 6.33 Å². The van der Waals surface area contributed by atoms with E-state index in [0.717, 1.165) is 17.5 Å². The summed E-state index contributed by atoms with van der Waals surface area (Å²) < 4.78 is 18.1. The van der Waals surface area contributed by atoms with Crippen LogP contribution in [0, 0.1) is 11.3 Å². The summed E-state index contributed by atoms with van der Waals surface area (Å²) in [6.45, 7) is 3.45. The van der Waals surface area contributed by atoms with Crippen molar-refractivity contribution in [2.24, 2.45) is 0 Å². The molecule has 0 fully saturated rings. The quantitative estimate of drug-likeness (QED) is 0.241. The van der Waals surface area contributed by atoms with Gasteiger partial charge in [-0.05, 0) is 59.7 Å². The van der Waals surface area contributed by atoms with Gasteiger partial charge < -0.3 is 24.4 Å². The molecule has 2 heterocycles. The number of benzene rings is 2. The lowest BCUT2D eigenvalue weighted by atomic mass is 10.1. The van der Waals surface area contributed by atoms with Crippen LogP contribution < -0.4 is 14.8 Å². The lowest BCUT2D eigenvalue weighted by Crippen LogP contribution is -2.28. The lowest BCUT2D eigenvalue weighted by Gasteiger charge is -2.18. The SMILES string of the molecule is COCCCN(C)C(=O)c1ccc(OC)c(Nc2ncc(-c3ccc(C#N)c(O[C@@H](C)Cn4cnnn4)c3)cn2)c1. The van der Waals surface area contributed by atoms with Gasteiger partial charge in [0.05, 0.1) is 24.9 Å². The van der Waals surface area contributed by atoms with E-state index in [1.807, 2.05) is 13.0 Å². The van der Waals surface area contributed by atoms with Crippen molar-refractivity contribution in [1.29, 1.82) is 5.26 Å². The van der Waals surface area contributed by atoms with Crippen molar-refractivity contribution in [2.75, 3.05) is 39.7 Å². The molecule has 2 aromatic heterocycles. The average molecular weight is 558 g/mol. The summed E-state index contributed by atoms with van der Waals surface area (Å²) in [5, 5.41) is 23.8. The van der Waals surface area contributed by atoms with Gasteiger partial charge in [-0.2, -0.15) is 5.26 Å². The van der Waals surface area contributed by atoms with Crippen LogP contribution in [0.3, 0.4) is 0 Å². The number of nitrogens with zero attached hydrogens (tertiary/aromatic N) is 8. The standard InChI is InChI=1S/C28H31N9O4/c1-19(17-37-18-32-34-35-37)41-26-13-20(6-7-22(26)14-29)23-15-30-28(31-16-23)33-24-12-21(8-9-25(24)40-4)27(38)36(2)10-5-11-39-3/h6-9,12-13,15-16,18-19H,5,10-11,17H2,1-4H3,(H,30,31,33)/t19-/m0/s1. The molecule has 0 aliphatic heterocycles. The molecule has 1 amide bonds. The zero-order chi connectivity index (χ0) is 29.2. The van der Waals surface area contributed by atoms with E-state index in [9.17, 15) is 10.1 Å². The van der Waals surface area contributed by atoms with Gasteiger partial charge in [-0.1, -0.05) is 6.07 Å². The molecule has 1 atom stereocenters. The molecule has 0 aliphatic rings. The maximum atomic E-state index is 12.9. The summed E-state index contributed by atoms with van der Waals surface area (Å²) >= 11 is 0. The van der Waals surface area contributed by atoms with Gasteiger partial charge in [-0.25, -0.2) is 14.6 Å². The highest BCUT2D eigenvalue weighted by atomic mass is 16.5. The largest absolute Gasteiger partial charge is 0.495 e. The van der Waals surface area contributed by atoms with Gasteiger partial charge in [0.2, 0.25) is 5.95 Å². The van der Waals surface area contributed by atoms with Crippen LogP contribution in [0.4, 0.5) is 11.6 Å². The Hall–Kier alpha value is -5.09. The summed E-state index contributed by atoms with van der Waals surface area (Å²) in [6.07, 6.45) is 5.28. The van der Waals surface area contributed by atoms with Crippen LogP contribution >= 0.6 is 0 Å². The molecule has 13 heteroatoms. The van der Waals surface area contributed by atoms with Gasteiger partial charge in [-0.15, -0.1) is 5.10 Å². The number of carbonyl (C=O) groups excluding carboxylic acids is 1. The third-order valence-electron chi connectivity index (χ3n) is 6.13. The fourth-order valence-corrected chi connectivity index (χ4v) is 4.04. The molecule has 0 unspecified atom stereocenters. The van der Waals surface area contributed by atoms with Gasteiger partial charge in [-0.3, -0.25) is 4.79 Å². The van der Waals surface area contributed by atoms with Crippen molar-refractivity contribution >= 4 is 17.5 Å². The maximum absolute atomic E-state index is 12.9. The predicted molar refractivity (Wildman–Crippen MR) is 150 cm³/mol. The first-order valence-corrected chi connectivity index (χ1v) is 12.8. The number of hydrogen-bond acceptors (Lipinski definition) is 11. The highest BCUT2D eigenvalue weighted by molar-refractivity contribution is 5.95. The second kappa shape index (κ2) is 13.8. The predicted octanol–water partition coefficient (Wildman–Crippen LogP) is 3.33. The number of carbonyl (C=O) groups is 1. The number of anilines is 2. The number of rotatable bonds is 13. The Morgan fingerprint density at radius 3 is 2.61 bits per heavy atom. The zero-order valence-electron chi connectivity index (χ0n) is 23.3. The second-order valence-electron chi connectivity index (χ2n) is 9.19. The van der Waals surface area contributed by atoms with E-state index < -0.39 is 0 Å². The van der Waals surface area contributed by atoms with Crippen molar-refractivity contribution in [3.63, 3.8) is 0 Å². The van der Waals surface area contributed by atoms with E-state index in [4.69, 9.17) is 14.2 Å². The fraction of sp³-hybridized carbons (Fsp3) is 0.321. The summed E-state index contributed by atoms with van der Waals surface area (Å²) in [6, 6.07) is 12.6. The van der Waals surface area contributed by atoms with Gasteiger partial charge in [0.1, 0.15) is 30.0 Å². The summed E-state index contributed by atoms with van der Waals surface area (Å²) in [4.78, 5) is 23.5. The molecule has 2 aromatic carbocycles. The molecule has 1 N–H and O–H groups in total. The highest BCUT2D eigenvalue weighted by Gasteiger charge is 2.16. The van der Waals surface area contributed by atoms with E-state index >= 15 is 0 Å². The highest BCUT2D eigenvalue weighted by Crippen LogP contribution is 2.30. The minimum Gasteiger partial charge on any atom is -0.495 e. The first-order chi connectivity index (χ1) is 19.9. The van der Waals surface area contributed by atoms with Crippen LogP contribution in [0.15, 0.2) is 55.1 Å². The summed E-state index contributed by atoms with van der Waals surface area (Å²) in [7, 11) is 4.94. The van der Waals surface area contributed by atoms with Gasteiger partial charge in [0.25, 0.3) is 5.91 Å². The van der Waals surface area contributed by atoms with Crippen LogP contribution in [0.25, 0.3) is 11.1 Å². The van der Waals surface area contributed by atoms with Gasteiger partial charge in [0, 0.05) is 50.8 Å². The fourth-order valence-electron chi connectivity index (χ4n) is 4.04. The molecule has 13 nitrogen and oxygen atoms in total. The molecule has 0 saturated heterocycles. The Kier molecular flexibility index (Phi) is 9.74. The third-order valence-corrected chi connectivity index (χ3v) is 6.13. The molecule has 41 heavy (non-hydrogen) atoms. The molecule has 0 radical (unpaired) electrons. The number of amides is 1. The minimum absolute atomic E-state index is 0.116. The zero-order valence-corrected chi connectivity index (χ0v) is 23.3. The molecule has 0 saturated carbocycles. The van der Waals surface area contributed by atoms with Gasteiger partial charge in [0.15, 0.2) is 0 Å². The normalized spacial score (nSPS) is 11.4. The Morgan fingerprint density at radius 1 is 1.12 bits per heavy atom. The topological polar surface area (TPSA) is 153 Å². The third kappa shape index (κ3) is 7.52. The van der Waals surface area contributed by atoms with Crippen molar-refractivity contribution in [1.82, 2.24) is 35.1 Å². The lowest BCUT2D eigenvalue weighted by molar-refractivity contribution is 0.0779. The molecule has 0 spiro atoms. The molecule has 212 valence electrons. The first kappa shape index (κ1) is 28.9. The monoisotopic (exact) mass is 557 g/mol. The van der Waals surface area contributed by atoms with E-state index in [0.29, 0.717) is 54.0 Å². The molecule has 0 bridgehead atoms. The van der Waals surface area contributed by atoms with Crippen LogP contribution in [0.1, 0.15) is 29.3 Å². The average Bonchev–Trinajstić information content (AvgIpc) is 3.50.